The molecule has 2 rings (SSSR count). The fourth-order valence-electron chi connectivity index (χ4n) is 1.10. The lowest BCUT2D eigenvalue weighted by Gasteiger charge is -2.00. The summed E-state index contributed by atoms with van der Waals surface area (Å²) >= 11 is 0. The van der Waals surface area contributed by atoms with Crippen molar-refractivity contribution in [1.29, 1.82) is 0 Å². The zero-order valence-electron chi connectivity index (χ0n) is 9.26. The van der Waals surface area contributed by atoms with E-state index in [0.29, 0.717) is 11.6 Å². The van der Waals surface area contributed by atoms with Crippen molar-refractivity contribution in [3.63, 3.8) is 0 Å². The summed E-state index contributed by atoms with van der Waals surface area (Å²) in [5, 5.41) is 16.3. The fraction of sp³-hybridized carbons (Fsp3) is 0.222. The van der Waals surface area contributed by atoms with Crippen molar-refractivity contribution in [1.82, 2.24) is 20.3 Å². The first-order valence-electron chi connectivity index (χ1n) is 4.82. The van der Waals surface area contributed by atoms with E-state index in [1.807, 2.05) is 0 Å². The van der Waals surface area contributed by atoms with Gasteiger partial charge in [-0.1, -0.05) is 5.16 Å². The van der Waals surface area contributed by atoms with Gasteiger partial charge in [-0.25, -0.2) is 0 Å². The number of aryl methyl sites for hydroxylation is 1. The number of rotatable bonds is 3. The number of carbonyl (C=O) groups excluding carboxylic acids is 1. The van der Waals surface area contributed by atoms with E-state index in [1.165, 1.54) is 6.07 Å². The van der Waals surface area contributed by atoms with Gasteiger partial charge in [0.05, 0.1) is 0 Å². The largest absolute Gasteiger partial charge is 0.372 e. The van der Waals surface area contributed by atoms with E-state index in [2.05, 4.69) is 31.0 Å². The Labute approximate surface area is 96.4 Å². The molecule has 0 aliphatic carbocycles. The molecule has 88 valence electrons. The van der Waals surface area contributed by atoms with Gasteiger partial charge in [0.2, 0.25) is 0 Å². The van der Waals surface area contributed by atoms with Crippen LogP contribution in [0.15, 0.2) is 16.7 Å². The minimum atomic E-state index is -0.455. The predicted octanol–water partition coefficient (Wildman–Crippen LogP) is 0.462. The Bertz CT molecular complexity index is 521. The van der Waals surface area contributed by atoms with Gasteiger partial charge >= 0.3 is 6.01 Å². The summed E-state index contributed by atoms with van der Waals surface area (Å²) in [7, 11) is 1.71. The van der Waals surface area contributed by atoms with Crippen LogP contribution >= 0.6 is 0 Å². The molecule has 0 fully saturated rings. The van der Waals surface area contributed by atoms with E-state index < -0.39 is 5.91 Å². The van der Waals surface area contributed by atoms with Crippen molar-refractivity contribution in [3.8, 4) is 0 Å². The Hall–Kier alpha value is -2.51. The van der Waals surface area contributed by atoms with Gasteiger partial charge in [0, 0.05) is 7.05 Å². The van der Waals surface area contributed by atoms with Gasteiger partial charge in [-0.15, -0.1) is 10.2 Å². The van der Waals surface area contributed by atoms with Crippen LogP contribution in [-0.2, 0) is 0 Å². The first kappa shape index (κ1) is 11.0. The molecule has 0 aromatic carbocycles. The molecule has 0 aliphatic rings. The Balaban J connectivity index is 2.09. The van der Waals surface area contributed by atoms with Gasteiger partial charge in [0.15, 0.2) is 11.5 Å². The SMILES string of the molecule is CNc1ccc(C(=O)Nc2nc(C)no2)nn1. The molecule has 0 aliphatic heterocycles. The van der Waals surface area contributed by atoms with Gasteiger partial charge in [-0.3, -0.25) is 10.1 Å². The molecule has 0 spiro atoms. The maximum atomic E-state index is 11.7. The second-order valence-corrected chi connectivity index (χ2v) is 3.15. The number of amides is 1. The lowest BCUT2D eigenvalue weighted by molar-refractivity contribution is 0.101. The minimum absolute atomic E-state index is 0.0343. The molecule has 2 N–H and O–H groups in total. The molecule has 2 aromatic rings. The van der Waals surface area contributed by atoms with Crippen molar-refractivity contribution in [3.05, 3.63) is 23.7 Å². The summed E-state index contributed by atoms with van der Waals surface area (Å²) in [4.78, 5) is 15.5. The Kier molecular flexibility index (Phi) is 2.95. The molecular weight excluding hydrogens is 224 g/mol. The van der Waals surface area contributed by atoms with Crippen LogP contribution in [0.5, 0.6) is 0 Å². The molecule has 0 saturated heterocycles. The number of hydrogen-bond donors (Lipinski definition) is 2. The van der Waals surface area contributed by atoms with Crippen LogP contribution < -0.4 is 10.6 Å². The Morgan fingerprint density at radius 3 is 2.71 bits per heavy atom. The number of nitrogens with one attached hydrogen (secondary N) is 2. The second kappa shape index (κ2) is 4.56. The van der Waals surface area contributed by atoms with Gasteiger partial charge in [0.1, 0.15) is 5.82 Å². The van der Waals surface area contributed by atoms with Gasteiger partial charge in [-0.2, -0.15) is 4.98 Å². The lowest BCUT2D eigenvalue weighted by Crippen LogP contribution is -2.14. The molecule has 0 saturated carbocycles. The highest BCUT2D eigenvalue weighted by Crippen LogP contribution is 2.06. The first-order chi connectivity index (χ1) is 8.19. The highest BCUT2D eigenvalue weighted by molar-refractivity contribution is 6.01. The fourth-order valence-corrected chi connectivity index (χ4v) is 1.10. The first-order valence-corrected chi connectivity index (χ1v) is 4.82. The average Bonchev–Trinajstić information content (AvgIpc) is 2.75. The molecule has 2 heterocycles. The molecule has 17 heavy (non-hydrogen) atoms. The van der Waals surface area contributed by atoms with Crippen LogP contribution in [0.25, 0.3) is 0 Å². The third kappa shape index (κ3) is 2.54. The van der Waals surface area contributed by atoms with Crippen LogP contribution in [0.1, 0.15) is 16.3 Å². The second-order valence-electron chi connectivity index (χ2n) is 3.15. The van der Waals surface area contributed by atoms with E-state index in [0.717, 1.165) is 0 Å². The topological polar surface area (TPSA) is 106 Å². The van der Waals surface area contributed by atoms with Gasteiger partial charge < -0.3 is 9.84 Å². The molecule has 0 radical (unpaired) electrons. The maximum Gasteiger partial charge on any atom is 0.328 e. The summed E-state index contributed by atoms with van der Waals surface area (Å²) < 4.78 is 4.75. The van der Waals surface area contributed by atoms with Crippen molar-refractivity contribution in [2.45, 2.75) is 6.92 Å². The maximum absolute atomic E-state index is 11.7. The Morgan fingerprint density at radius 2 is 2.18 bits per heavy atom. The predicted molar refractivity (Wildman–Crippen MR) is 58.6 cm³/mol. The zero-order chi connectivity index (χ0) is 12.3. The highest BCUT2D eigenvalue weighted by atomic mass is 16.5. The van der Waals surface area contributed by atoms with Crippen LogP contribution in [0, 0.1) is 6.92 Å². The summed E-state index contributed by atoms with van der Waals surface area (Å²) in [6.07, 6.45) is 0. The summed E-state index contributed by atoms with van der Waals surface area (Å²) in [5.74, 6) is 0.566. The van der Waals surface area contributed by atoms with E-state index >= 15 is 0 Å². The monoisotopic (exact) mass is 234 g/mol. The quantitative estimate of drug-likeness (QED) is 0.794. The molecule has 1 amide bonds. The van der Waals surface area contributed by atoms with Gasteiger partial charge in [0.25, 0.3) is 5.91 Å². The number of aromatic nitrogens is 4. The summed E-state index contributed by atoms with van der Waals surface area (Å²) in [6.45, 7) is 1.65. The van der Waals surface area contributed by atoms with Crippen LogP contribution in [-0.4, -0.2) is 33.3 Å². The third-order valence-electron chi connectivity index (χ3n) is 1.90. The zero-order valence-corrected chi connectivity index (χ0v) is 9.26. The molecule has 0 bridgehead atoms. The van der Waals surface area contributed by atoms with E-state index in [4.69, 9.17) is 4.52 Å². The van der Waals surface area contributed by atoms with E-state index in [1.54, 1.807) is 20.0 Å². The van der Waals surface area contributed by atoms with Crippen LogP contribution in [0.4, 0.5) is 11.8 Å². The highest BCUT2D eigenvalue weighted by Gasteiger charge is 2.11. The lowest BCUT2D eigenvalue weighted by atomic mass is 10.3. The van der Waals surface area contributed by atoms with Gasteiger partial charge in [-0.05, 0) is 19.1 Å². The molecule has 8 nitrogen and oxygen atoms in total. The van der Waals surface area contributed by atoms with Crippen molar-refractivity contribution >= 4 is 17.7 Å². The average molecular weight is 234 g/mol. The van der Waals surface area contributed by atoms with E-state index in [-0.39, 0.29) is 11.7 Å². The number of anilines is 2. The number of hydrogen-bond acceptors (Lipinski definition) is 7. The summed E-state index contributed by atoms with van der Waals surface area (Å²) in [6, 6.07) is 3.21. The smallest absolute Gasteiger partial charge is 0.328 e. The molecular formula is C9H10N6O2. The number of nitrogens with zero attached hydrogens (tertiary/aromatic N) is 4. The normalized spacial score (nSPS) is 10.0. The minimum Gasteiger partial charge on any atom is -0.372 e. The molecule has 2 aromatic heterocycles. The number of carbonyl (C=O) groups is 1. The van der Waals surface area contributed by atoms with Crippen molar-refractivity contribution in [2.75, 3.05) is 17.7 Å². The summed E-state index contributed by atoms with van der Waals surface area (Å²) in [5.41, 5.74) is 0.167. The molecule has 0 unspecified atom stereocenters. The van der Waals surface area contributed by atoms with Crippen LogP contribution in [0.3, 0.4) is 0 Å². The van der Waals surface area contributed by atoms with E-state index in [9.17, 15) is 4.79 Å². The van der Waals surface area contributed by atoms with Crippen molar-refractivity contribution < 1.29 is 9.32 Å². The molecule has 0 atom stereocenters. The van der Waals surface area contributed by atoms with Crippen LogP contribution in [0.2, 0.25) is 0 Å². The third-order valence-corrected chi connectivity index (χ3v) is 1.90. The Morgan fingerprint density at radius 1 is 1.35 bits per heavy atom. The molecule has 8 heteroatoms. The van der Waals surface area contributed by atoms with Crippen molar-refractivity contribution in [2.24, 2.45) is 0 Å². The standard InChI is InChI=1S/C9H10N6O2/c1-5-11-9(17-15-5)12-8(16)6-3-4-7(10-2)14-13-6/h3-4H,1-2H3,(H,10,14)(H,11,12,15,16).